The maximum absolute atomic E-state index is 13.9. The molecule has 0 aliphatic carbocycles. The van der Waals surface area contributed by atoms with Crippen LogP contribution in [0.5, 0.6) is 0 Å². The molecule has 2 saturated heterocycles. The quantitative estimate of drug-likeness (QED) is 0.844. The number of hydrogen-bond donors (Lipinski definition) is 1. The highest BCUT2D eigenvalue weighted by atomic mass is 19.1. The largest absolute Gasteiger partial charge is 0.393 e. The van der Waals surface area contributed by atoms with Gasteiger partial charge in [-0.2, -0.15) is 0 Å². The number of aliphatic hydroxyl groups is 1. The van der Waals surface area contributed by atoms with Crippen LogP contribution in [-0.4, -0.2) is 34.1 Å². The Kier molecular flexibility index (Phi) is 3.05. The van der Waals surface area contributed by atoms with Gasteiger partial charge in [0.15, 0.2) is 0 Å². The van der Waals surface area contributed by atoms with Gasteiger partial charge in [-0.05, 0) is 50.3 Å². The molecule has 19 heavy (non-hydrogen) atoms. The molecular weight excluding hydrogens is 245 g/mol. The molecule has 2 bridgehead atoms. The molecule has 2 heterocycles. The number of nitrogens with zero attached hydrogens (tertiary/aromatic N) is 1. The van der Waals surface area contributed by atoms with Gasteiger partial charge in [0.2, 0.25) is 0 Å². The Hall–Kier alpha value is -1.42. The first-order valence-corrected chi connectivity index (χ1v) is 6.83. The summed E-state index contributed by atoms with van der Waals surface area (Å²) in [5, 5.41) is 9.74. The Morgan fingerprint density at radius 3 is 2.53 bits per heavy atom. The molecule has 4 heteroatoms. The van der Waals surface area contributed by atoms with E-state index in [0.29, 0.717) is 12.8 Å². The molecule has 3 rings (SSSR count). The fraction of sp³-hybridized carbons (Fsp3) is 0.533. The minimum absolute atomic E-state index is 0.0713. The number of aryl methyl sites for hydroxylation is 1. The summed E-state index contributed by atoms with van der Waals surface area (Å²) in [5.74, 6) is -0.674. The van der Waals surface area contributed by atoms with E-state index in [1.807, 2.05) is 0 Å². The van der Waals surface area contributed by atoms with Crippen molar-refractivity contribution in [2.45, 2.75) is 50.8 Å². The van der Waals surface area contributed by atoms with Crippen molar-refractivity contribution in [1.82, 2.24) is 4.90 Å². The molecule has 1 aromatic carbocycles. The van der Waals surface area contributed by atoms with Gasteiger partial charge in [-0.15, -0.1) is 0 Å². The summed E-state index contributed by atoms with van der Waals surface area (Å²) in [4.78, 5) is 14.3. The van der Waals surface area contributed by atoms with Crippen molar-refractivity contribution in [3.63, 3.8) is 0 Å². The van der Waals surface area contributed by atoms with Crippen molar-refractivity contribution in [3.05, 3.63) is 35.1 Å². The normalized spacial score (nSPS) is 29.6. The monoisotopic (exact) mass is 263 g/mol. The summed E-state index contributed by atoms with van der Waals surface area (Å²) in [7, 11) is 0. The van der Waals surface area contributed by atoms with Crippen LogP contribution in [0.2, 0.25) is 0 Å². The van der Waals surface area contributed by atoms with Crippen LogP contribution in [0.1, 0.15) is 41.6 Å². The van der Waals surface area contributed by atoms with Gasteiger partial charge in [-0.1, -0.05) is 6.07 Å². The Morgan fingerprint density at radius 1 is 1.32 bits per heavy atom. The van der Waals surface area contributed by atoms with Crippen molar-refractivity contribution in [3.8, 4) is 0 Å². The molecule has 2 fully saturated rings. The molecule has 2 atom stereocenters. The Labute approximate surface area is 112 Å². The number of carbonyl (C=O) groups is 1. The summed E-state index contributed by atoms with van der Waals surface area (Å²) in [5.41, 5.74) is 0.963. The van der Waals surface area contributed by atoms with Crippen LogP contribution in [0.4, 0.5) is 4.39 Å². The summed E-state index contributed by atoms with van der Waals surface area (Å²) < 4.78 is 13.9. The van der Waals surface area contributed by atoms with Crippen LogP contribution in [-0.2, 0) is 0 Å². The average Bonchev–Trinajstić information content (AvgIpc) is 2.61. The predicted octanol–water partition coefficient (Wildman–Crippen LogP) is 2.26. The van der Waals surface area contributed by atoms with Gasteiger partial charge in [0.1, 0.15) is 5.82 Å². The number of halogens is 1. The third-order valence-electron chi connectivity index (χ3n) is 4.30. The second kappa shape index (κ2) is 4.60. The molecule has 3 nitrogen and oxygen atoms in total. The van der Waals surface area contributed by atoms with Gasteiger partial charge in [0.05, 0.1) is 11.7 Å². The van der Waals surface area contributed by atoms with E-state index < -0.39 is 5.82 Å². The molecule has 2 aliphatic rings. The molecule has 1 amide bonds. The summed E-state index contributed by atoms with van der Waals surface area (Å²) in [6, 6.07) is 4.87. The lowest BCUT2D eigenvalue weighted by Gasteiger charge is -2.37. The number of piperidine rings is 1. The number of benzene rings is 1. The van der Waals surface area contributed by atoms with Crippen molar-refractivity contribution in [1.29, 1.82) is 0 Å². The van der Waals surface area contributed by atoms with E-state index in [1.165, 1.54) is 6.07 Å². The fourth-order valence-electron chi connectivity index (χ4n) is 3.41. The molecule has 1 aromatic rings. The van der Waals surface area contributed by atoms with E-state index in [1.54, 1.807) is 24.0 Å². The summed E-state index contributed by atoms with van der Waals surface area (Å²) in [6.07, 6.45) is 2.76. The van der Waals surface area contributed by atoms with Crippen LogP contribution in [0.3, 0.4) is 0 Å². The number of fused-ring (bicyclic) bond motifs is 2. The second-order valence-electron chi connectivity index (χ2n) is 5.71. The number of aliphatic hydroxyl groups excluding tert-OH is 1. The minimum Gasteiger partial charge on any atom is -0.393 e. The maximum atomic E-state index is 13.9. The zero-order chi connectivity index (χ0) is 13.6. The highest BCUT2D eigenvalue weighted by molar-refractivity contribution is 5.95. The summed E-state index contributed by atoms with van der Waals surface area (Å²) in [6.45, 7) is 1.80. The Morgan fingerprint density at radius 2 is 1.95 bits per heavy atom. The highest BCUT2D eigenvalue weighted by Crippen LogP contribution is 2.37. The smallest absolute Gasteiger partial charge is 0.257 e. The maximum Gasteiger partial charge on any atom is 0.257 e. The van der Waals surface area contributed by atoms with E-state index in [-0.39, 0.29) is 29.7 Å². The number of rotatable bonds is 1. The lowest BCUT2D eigenvalue weighted by molar-refractivity contribution is 0.0284. The lowest BCUT2D eigenvalue weighted by atomic mass is 9.98. The van der Waals surface area contributed by atoms with Gasteiger partial charge in [0, 0.05) is 12.1 Å². The van der Waals surface area contributed by atoms with Crippen LogP contribution < -0.4 is 0 Å². The topological polar surface area (TPSA) is 40.5 Å². The highest BCUT2D eigenvalue weighted by Gasteiger charge is 2.43. The third-order valence-corrected chi connectivity index (χ3v) is 4.30. The van der Waals surface area contributed by atoms with Crippen LogP contribution in [0.25, 0.3) is 0 Å². The molecule has 102 valence electrons. The van der Waals surface area contributed by atoms with Gasteiger partial charge < -0.3 is 10.0 Å². The minimum atomic E-state index is -0.449. The fourth-order valence-corrected chi connectivity index (χ4v) is 3.41. The number of amides is 1. The molecular formula is C15H18FNO2. The average molecular weight is 263 g/mol. The zero-order valence-corrected chi connectivity index (χ0v) is 11.0. The standard InChI is InChI=1S/C15H18FNO2/c1-9-2-5-13(14(16)6-9)15(19)17-10-3-4-11(17)8-12(18)7-10/h2,5-6,10-12,18H,3-4,7-8H2,1H3. The van der Waals surface area contributed by atoms with E-state index in [0.717, 1.165) is 18.4 Å². The Bertz CT molecular complexity index is 503. The van der Waals surface area contributed by atoms with Crippen LogP contribution in [0.15, 0.2) is 18.2 Å². The number of hydrogen-bond acceptors (Lipinski definition) is 2. The third kappa shape index (κ3) is 2.14. The van der Waals surface area contributed by atoms with Crippen molar-refractivity contribution in [2.75, 3.05) is 0 Å². The summed E-state index contributed by atoms with van der Waals surface area (Å²) >= 11 is 0. The second-order valence-corrected chi connectivity index (χ2v) is 5.71. The molecule has 2 aliphatic heterocycles. The van der Waals surface area contributed by atoms with Gasteiger partial charge >= 0.3 is 0 Å². The van der Waals surface area contributed by atoms with Crippen molar-refractivity contribution < 1.29 is 14.3 Å². The van der Waals surface area contributed by atoms with E-state index in [4.69, 9.17) is 0 Å². The predicted molar refractivity (Wildman–Crippen MR) is 69.4 cm³/mol. The number of carbonyl (C=O) groups excluding carboxylic acids is 1. The first-order chi connectivity index (χ1) is 9.06. The van der Waals surface area contributed by atoms with Crippen molar-refractivity contribution in [2.24, 2.45) is 0 Å². The SMILES string of the molecule is Cc1ccc(C(=O)N2C3CCC2CC(O)C3)c(F)c1. The zero-order valence-electron chi connectivity index (χ0n) is 11.0. The Balaban J connectivity index is 1.88. The van der Waals surface area contributed by atoms with Gasteiger partial charge in [0.25, 0.3) is 5.91 Å². The van der Waals surface area contributed by atoms with Crippen molar-refractivity contribution >= 4 is 5.91 Å². The van der Waals surface area contributed by atoms with Gasteiger partial charge in [-0.25, -0.2) is 4.39 Å². The van der Waals surface area contributed by atoms with Gasteiger partial charge in [-0.3, -0.25) is 4.79 Å². The molecule has 1 N–H and O–H groups in total. The molecule has 2 unspecified atom stereocenters. The lowest BCUT2D eigenvalue weighted by Crippen LogP contribution is -2.48. The first kappa shape index (κ1) is 12.6. The van der Waals surface area contributed by atoms with E-state index in [2.05, 4.69) is 0 Å². The van der Waals surface area contributed by atoms with E-state index >= 15 is 0 Å². The van der Waals surface area contributed by atoms with Crippen LogP contribution in [0, 0.1) is 12.7 Å². The van der Waals surface area contributed by atoms with E-state index in [9.17, 15) is 14.3 Å². The molecule has 0 spiro atoms. The first-order valence-electron chi connectivity index (χ1n) is 6.83. The molecule has 0 saturated carbocycles. The molecule has 0 radical (unpaired) electrons. The van der Waals surface area contributed by atoms with Crippen LogP contribution >= 0.6 is 0 Å². The molecule has 0 aromatic heterocycles.